The smallest absolute Gasteiger partial charge is 0.270 e. The molecule has 0 aliphatic rings. The van der Waals surface area contributed by atoms with Crippen molar-refractivity contribution in [3.8, 4) is 11.4 Å². The van der Waals surface area contributed by atoms with Gasteiger partial charge in [-0.15, -0.1) is 0 Å². The number of nitro groups is 1. The summed E-state index contributed by atoms with van der Waals surface area (Å²) in [6, 6.07) is 6.34. The van der Waals surface area contributed by atoms with Crippen molar-refractivity contribution in [2.75, 3.05) is 11.9 Å². The minimum atomic E-state index is -0.422. The van der Waals surface area contributed by atoms with E-state index in [1.807, 2.05) is 13.8 Å². The fourth-order valence-electron chi connectivity index (χ4n) is 1.90. The Morgan fingerprint density at radius 2 is 2.10 bits per heavy atom. The summed E-state index contributed by atoms with van der Waals surface area (Å²) in [6.07, 6.45) is 0.740. The Kier molecular flexibility index (Phi) is 4.85. The van der Waals surface area contributed by atoms with Crippen molar-refractivity contribution in [1.29, 1.82) is 0 Å². The zero-order valence-corrected chi connectivity index (χ0v) is 13.3. The lowest BCUT2D eigenvalue weighted by atomic mass is 10.2. The summed E-state index contributed by atoms with van der Waals surface area (Å²) in [5.74, 6) is 1.18. The number of hydrogen-bond acceptors (Lipinski definition) is 5. The van der Waals surface area contributed by atoms with Crippen molar-refractivity contribution in [2.24, 2.45) is 0 Å². The zero-order chi connectivity index (χ0) is 15.4. The van der Waals surface area contributed by atoms with Crippen LogP contribution in [0, 0.1) is 10.1 Å². The van der Waals surface area contributed by atoms with Gasteiger partial charge in [-0.1, -0.05) is 19.1 Å². The molecular weight excluding hydrogens is 336 g/mol. The molecule has 7 heteroatoms. The Bertz CT molecular complexity index is 676. The van der Waals surface area contributed by atoms with Crippen LogP contribution in [0.1, 0.15) is 19.5 Å². The predicted molar refractivity (Wildman–Crippen MR) is 85.4 cm³/mol. The van der Waals surface area contributed by atoms with E-state index in [-0.39, 0.29) is 5.69 Å². The molecule has 1 aromatic carbocycles. The number of halogens is 1. The quantitative estimate of drug-likeness (QED) is 0.654. The van der Waals surface area contributed by atoms with Gasteiger partial charge >= 0.3 is 0 Å². The van der Waals surface area contributed by atoms with E-state index in [9.17, 15) is 10.1 Å². The number of aryl methyl sites for hydroxylation is 1. The first-order chi connectivity index (χ1) is 10.1. The summed E-state index contributed by atoms with van der Waals surface area (Å²) in [5, 5.41) is 14.0. The lowest BCUT2D eigenvalue weighted by Gasteiger charge is -2.11. The van der Waals surface area contributed by atoms with Crippen LogP contribution in [0.5, 0.6) is 0 Å². The molecule has 21 heavy (non-hydrogen) atoms. The van der Waals surface area contributed by atoms with Crippen molar-refractivity contribution in [3.05, 3.63) is 44.5 Å². The highest BCUT2D eigenvalue weighted by atomic mass is 79.9. The second kappa shape index (κ2) is 6.62. The van der Waals surface area contributed by atoms with Crippen LogP contribution in [-0.2, 0) is 6.42 Å². The Hall–Kier alpha value is -2.02. The van der Waals surface area contributed by atoms with Crippen LogP contribution < -0.4 is 5.32 Å². The molecule has 0 aliphatic carbocycles. The Labute approximate surface area is 130 Å². The second-order valence-corrected chi connectivity index (χ2v) is 5.14. The molecule has 0 atom stereocenters. The summed E-state index contributed by atoms with van der Waals surface area (Å²) in [4.78, 5) is 19.4. The van der Waals surface area contributed by atoms with Gasteiger partial charge in [0.25, 0.3) is 5.69 Å². The highest BCUT2D eigenvalue weighted by molar-refractivity contribution is 9.10. The second-order valence-electron chi connectivity index (χ2n) is 4.35. The minimum Gasteiger partial charge on any atom is -0.369 e. The van der Waals surface area contributed by atoms with Crippen LogP contribution in [0.15, 0.2) is 28.7 Å². The van der Waals surface area contributed by atoms with Gasteiger partial charge in [-0.25, -0.2) is 9.97 Å². The minimum absolute atomic E-state index is 0.0297. The van der Waals surface area contributed by atoms with Crippen LogP contribution in [-0.4, -0.2) is 21.4 Å². The average molecular weight is 351 g/mol. The van der Waals surface area contributed by atoms with E-state index in [1.54, 1.807) is 12.1 Å². The number of non-ortho nitro benzene ring substituents is 1. The van der Waals surface area contributed by atoms with E-state index in [2.05, 4.69) is 31.2 Å². The van der Waals surface area contributed by atoms with Gasteiger partial charge in [0.1, 0.15) is 5.82 Å². The average Bonchev–Trinajstić information content (AvgIpc) is 2.49. The number of benzene rings is 1. The van der Waals surface area contributed by atoms with Crippen LogP contribution in [0.3, 0.4) is 0 Å². The molecule has 0 unspecified atom stereocenters. The fraction of sp³-hybridized carbons (Fsp3) is 0.286. The first-order valence-corrected chi connectivity index (χ1v) is 7.41. The molecule has 0 fully saturated rings. The molecule has 1 aromatic heterocycles. The molecular formula is C14H15BrN4O2. The van der Waals surface area contributed by atoms with Crippen LogP contribution in [0.25, 0.3) is 11.4 Å². The van der Waals surface area contributed by atoms with E-state index in [0.29, 0.717) is 17.2 Å². The third-order valence-corrected chi connectivity index (χ3v) is 3.75. The predicted octanol–water partition coefficient (Wildman–Crippen LogP) is 3.81. The molecule has 0 spiro atoms. The molecule has 0 saturated carbocycles. The highest BCUT2D eigenvalue weighted by Gasteiger charge is 2.14. The molecule has 1 N–H and O–H groups in total. The number of nitro benzene ring substituents is 1. The van der Waals surface area contributed by atoms with Crippen LogP contribution >= 0.6 is 15.9 Å². The normalized spacial score (nSPS) is 10.4. The van der Waals surface area contributed by atoms with E-state index < -0.39 is 4.92 Å². The zero-order valence-electron chi connectivity index (χ0n) is 11.8. The van der Waals surface area contributed by atoms with Crippen molar-refractivity contribution in [2.45, 2.75) is 20.3 Å². The van der Waals surface area contributed by atoms with E-state index >= 15 is 0 Å². The maximum Gasteiger partial charge on any atom is 0.270 e. The molecule has 2 rings (SSSR count). The number of nitrogens with zero attached hydrogens (tertiary/aromatic N) is 3. The molecule has 6 nitrogen and oxygen atoms in total. The summed E-state index contributed by atoms with van der Waals surface area (Å²) < 4.78 is 0.834. The third-order valence-electron chi connectivity index (χ3n) is 2.91. The van der Waals surface area contributed by atoms with Gasteiger partial charge in [-0.05, 0) is 29.3 Å². The standard InChI is InChI=1S/C14H15BrN4O2/c1-3-11-12(15)14(16-4-2)18-13(17-11)9-6-5-7-10(8-9)19(20)21/h5-8H,3-4H2,1-2H3,(H,16,17,18). The maximum absolute atomic E-state index is 10.9. The summed E-state index contributed by atoms with van der Waals surface area (Å²) >= 11 is 3.49. The molecule has 2 aromatic rings. The molecule has 1 heterocycles. The van der Waals surface area contributed by atoms with Crippen LogP contribution in [0.4, 0.5) is 11.5 Å². The van der Waals surface area contributed by atoms with Gasteiger partial charge in [-0.3, -0.25) is 10.1 Å². The van der Waals surface area contributed by atoms with Gasteiger partial charge in [0.05, 0.1) is 15.1 Å². The number of aromatic nitrogens is 2. The summed E-state index contributed by atoms with van der Waals surface area (Å²) in [6.45, 7) is 4.71. The fourth-order valence-corrected chi connectivity index (χ4v) is 2.50. The van der Waals surface area contributed by atoms with Gasteiger partial charge in [-0.2, -0.15) is 0 Å². The van der Waals surface area contributed by atoms with Crippen molar-refractivity contribution in [1.82, 2.24) is 9.97 Å². The monoisotopic (exact) mass is 350 g/mol. The number of rotatable bonds is 5. The molecule has 0 amide bonds. The topological polar surface area (TPSA) is 81.0 Å². The molecule has 0 radical (unpaired) electrons. The number of anilines is 1. The lowest BCUT2D eigenvalue weighted by Crippen LogP contribution is -2.06. The largest absolute Gasteiger partial charge is 0.369 e. The van der Waals surface area contributed by atoms with Gasteiger partial charge in [0, 0.05) is 24.2 Å². The number of nitrogens with one attached hydrogen (secondary N) is 1. The van der Waals surface area contributed by atoms with E-state index in [4.69, 9.17) is 0 Å². The summed E-state index contributed by atoms with van der Waals surface area (Å²) in [5.41, 5.74) is 1.52. The molecule has 0 bridgehead atoms. The highest BCUT2D eigenvalue weighted by Crippen LogP contribution is 2.28. The SMILES string of the molecule is CCNc1nc(-c2cccc([N+](=O)[O-])c2)nc(CC)c1Br. The Morgan fingerprint density at radius 3 is 2.71 bits per heavy atom. The lowest BCUT2D eigenvalue weighted by molar-refractivity contribution is -0.384. The first kappa shape index (κ1) is 15.4. The van der Waals surface area contributed by atoms with Crippen molar-refractivity contribution < 1.29 is 4.92 Å². The molecule has 0 aliphatic heterocycles. The van der Waals surface area contributed by atoms with E-state index in [0.717, 1.165) is 23.1 Å². The first-order valence-electron chi connectivity index (χ1n) is 6.61. The molecule has 0 saturated heterocycles. The van der Waals surface area contributed by atoms with Gasteiger partial charge in [0.15, 0.2) is 5.82 Å². The maximum atomic E-state index is 10.9. The summed E-state index contributed by atoms with van der Waals surface area (Å²) in [7, 11) is 0. The Balaban J connectivity index is 2.55. The van der Waals surface area contributed by atoms with Crippen molar-refractivity contribution in [3.63, 3.8) is 0 Å². The van der Waals surface area contributed by atoms with Crippen molar-refractivity contribution >= 4 is 27.4 Å². The van der Waals surface area contributed by atoms with Crippen LogP contribution in [0.2, 0.25) is 0 Å². The van der Waals surface area contributed by atoms with Gasteiger partial charge in [0.2, 0.25) is 0 Å². The molecule has 110 valence electrons. The number of hydrogen-bond donors (Lipinski definition) is 1. The Morgan fingerprint density at radius 1 is 1.33 bits per heavy atom. The van der Waals surface area contributed by atoms with E-state index in [1.165, 1.54) is 12.1 Å². The third kappa shape index (κ3) is 3.36. The van der Waals surface area contributed by atoms with Gasteiger partial charge < -0.3 is 5.32 Å².